The molecular formula is C18H23N5O4S. The topological polar surface area (TPSA) is 101 Å². The molecule has 2 N–H and O–H groups in total. The summed E-state index contributed by atoms with van der Waals surface area (Å²) in [6, 6.07) is 5.24. The molecule has 1 aromatic heterocycles. The van der Waals surface area contributed by atoms with Gasteiger partial charge in [0.05, 0.1) is 25.8 Å². The summed E-state index contributed by atoms with van der Waals surface area (Å²) in [5.74, 6) is 1.22. The fraction of sp³-hybridized carbons (Fsp3) is 0.444. The predicted molar refractivity (Wildman–Crippen MR) is 105 cm³/mol. The maximum atomic E-state index is 12.5. The molecule has 1 saturated heterocycles. The minimum Gasteiger partial charge on any atom is -0.497 e. The number of amides is 2. The maximum absolute atomic E-state index is 12.5. The fourth-order valence-corrected chi connectivity index (χ4v) is 3.32. The van der Waals surface area contributed by atoms with Crippen LogP contribution < -0.4 is 19.7 Å². The van der Waals surface area contributed by atoms with Crippen molar-refractivity contribution in [1.29, 1.82) is 0 Å². The lowest BCUT2D eigenvalue weighted by atomic mass is 10.1. The molecule has 2 heterocycles. The number of nitrogens with one attached hydrogen (secondary N) is 2. The van der Waals surface area contributed by atoms with E-state index in [-0.39, 0.29) is 18.2 Å². The molecule has 1 fully saturated rings. The summed E-state index contributed by atoms with van der Waals surface area (Å²) in [6.45, 7) is 0.708. The van der Waals surface area contributed by atoms with Crippen molar-refractivity contribution in [3.63, 3.8) is 0 Å². The minimum absolute atomic E-state index is 0.124. The lowest BCUT2D eigenvalue weighted by Crippen LogP contribution is -2.34. The van der Waals surface area contributed by atoms with E-state index in [0.29, 0.717) is 41.5 Å². The number of methoxy groups -OCH3 is 2. The van der Waals surface area contributed by atoms with Crippen molar-refractivity contribution in [3.8, 4) is 11.5 Å². The summed E-state index contributed by atoms with van der Waals surface area (Å²) in [7, 11) is 4.92. The number of aromatic nitrogens is 3. The van der Waals surface area contributed by atoms with Crippen LogP contribution in [0.15, 0.2) is 18.2 Å². The van der Waals surface area contributed by atoms with Crippen LogP contribution in [0.2, 0.25) is 0 Å². The second-order valence-corrected chi connectivity index (χ2v) is 6.87. The van der Waals surface area contributed by atoms with Gasteiger partial charge >= 0.3 is 0 Å². The van der Waals surface area contributed by atoms with Crippen LogP contribution in [0.3, 0.4) is 0 Å². The fourth-order valence-electron chi connectivity index (χ4n) is 3.17. The summed E-state index contributed by atoms with van der Waals surface area (Å²) in [4.78, 5) is 26.6. The van der Waals surface area contributed by atoms with Gasteiger partial charge in [0.2, 0.25) is 11.8 Å². The van der Waals surface area contributed by atoms with Crippen molar-refractivity contribution in [2.24, 2.45) is 13.0 Å². The molecule has 1 unspecified atom stereocenters. The maximum Gasteiger partial charge on any atom is 0.227 e. The molecule has 0 bridgehead atoms. The van der Waals surface area contributed by atoms with Crippen LogP contribution in [-0.2, 0) is 23.1 Å². The van der Waals surface area contributed by atoms with Crippen LogP contribution in [0.5, 0.6) is 11.5 Å². The number of ether oxygens (including phenoxy) is 2. The monoisotopic (exact) mass is 405 g/mol. The van der Waals surface area contributed by atoms with Crippen LogP contribution in [0.1, 0.15) is 12.2 Å². The predicted octanol–water partition coefficient (Wildman–Crippen LogP) is 1.21. The highest BCUT2D eigenvalue weighted by Gasteiger charge is 2.36. The van der Waals surface area contributed by atoms with Crippen molar-refractivity contribution in [3.05, 3.63) is 28.8 Å². The van der Waals surface area contributed by atoms with Gasteiger partial charge in [-0.15, -0.1) is 0 Å². The summed E-state index contributed by atoms with van der Waals surface area (Å²) in [5.41, 5.74) is 0.601. The molecule has 28 heavy (non-hydrogen) atoms. The third-order valence-electron chi connectivity index (χ3n) is 4.79. The number of rotatable bonds is 7. The van der Waals surface area contributed by atoms with Gasteiger partial charge < -0.3 is 24.3 Å². The normalized spacial score (nSPS) is 16.3. The van der Waals surface area contributed by atoms with Crippen molar-refractivity contribution < 1.29 is 19.1 Å². The minimum atomic E-state index is -0.425. The van der Waals surface area contributed by atoms with Crippen LogP contribution >= 0.6 is 12.2 Å². The molecule has 3 rings (SSSR count). The van der Waals surface area contributed by atoms with E-state index in [9.17, 15) is 9.59 Å². The van der Waals surface area contributed by atoms with E-state index in [0.717, 1.165) is 5.82 Å². The molecule has 1 aliphatic rings. The Hall–Kier alpha value is -2.88. The summed E-state index contributed by atoms with van der Waals surface area (Å²) >= 11 is 5.07. The molecule has 2 aromatic rings. The Balaban J connectivity index is 1.63. The van der Waals surface area contributed by atoms with Crippen LogP contribution in [0, 0.1) is 10.7 Å². The number of hydrogen-bond acceptors (Lipinski definition) is 6. The number of nitrogens with zero attached hydrogens (tertiary/aromatic N) is 3. The van der Waals surface area contributed by atoms with Crippen molar-refractivity contribution in [2.45, 2.75) is 12.8 Å². The molecule has 10 heteroatoms. The van der Waals surface area contributed by atoms with Crippen molar-refractivity contribution in [2.75, 3.05) is 32.2 Å². The number of hydrogen-bond donors (Lipinski definition) is 2. The highest BCUT2D eigenvalue weighted by Crippen LogP contribution is 2.36. The molecule has 0 saturated carbocycles. The van der Waals surface area contributed by atoms with Crippen molar-refractivity contribution >= 4 is 29.7 Å². The van der Waals surface area contributed by atoms with E-state index in [1.54, 1.807) is 41.9 Å². The van der Waals surface area contributed by atoms with E-state index in [1.165, 1.54) is 0 Å². The van der Waals surface area contributed by atoms with E-state index >= 15 is 0 Å². The zero-order valence-corrected chi connectivity index (χ0v) is 16.8. The first kappa shape index (κ1) is 19.9. The number of H-pyrrole nitrogens is 1. The first-order chi connectivity index (χ1) is 13.4. The second kappa shape index (κ2) is 8.42. The van der Waals surface area contributed by atoms with E-state index < -0.39 is 5.92 Å². The Bertz CT molecular complexity index is 938. The van der Waals surface area contributed by atoms with Gasteiger partial charge in [0.1, 0.15) is 17.3 Å². The molecule has 0 aliphatic carbocycles. The molecule has 0 spiro atoms. The Kier molecular flexibility index (Phi) is 5.98. The number of benzene rings is 1. The zero-order valence-electron chi connectivity index (χ0n) is 16.0. The van der Waals surface area contributed by atoms with Gasteiger partial charge in [-0.2, -0.15) is 5.10 Å². The molecule has 150 valence electrons. The van der Waals surface area contributed by atoms with E-state index in [2.05, 4.69) is 15.5 Å². The quantitative estimate of drug-likeness (QED) is 0.672. The second-order valence-electron chi connectivity index (χ2n) is 6.49. The molecule has 0 radical (unpaired) electrons. The van der Waals surface area contributed by atoms with E-state index in [1.807, 2.05) is 7.05 Å². The average Bonchev–Trinajstić information content (AvgIpc) is 3.24. The SMILES string of the molecule is COc1ccc(OC)c(N2CC(C(=O)NCCc3n[nH]c(=S)n3C)CC2=O)c1. The Labute approximate surface area is 167 Å². The van der Waals surface area contributed by atoms with Crippen LogP contribution in [0.4, 0.5) is 5.69 Å². The number of anilines is 1. The highest BCUT2D eigenvalue weighted by atomic mass is 32.1. The summed E-state index contributed by atoms with van der Waals surface area (Å²) < 4.78 is 12.9. The largest absolute Gasteiger partial charge is 0.497 e. The standard InChI is InChI=1S/C18H23N5O4S/c1-22-15(20-21-18(22)28)6-7-19-17(25)11-8-16(24)23(10-11)13-9-12(26-2)4-5-14(13)27-3/h4-5,9,11H,6-8,10H2,1-3H3,(H,19,25)(H,21,28). The smallest absolute Gasteiger partial charge is 0.227 e. The number of carbonyl (C=O) groups excluding carboxylic acids is 2. The number of carbonyl (C=O) groups is 2. The Morgan fingerprint density at radius 2 is 2.18 bits per heavy atom. The lowest BCUT2D eigenvalue weighted by molar-refractivity contribution is -0.126. The average molecular weight is 405 g/mol. The molecule has 1 aromatic carbocycles. The van der Waals surface area contributed by atoms with Gasteiger partial charge in [0.15, 0.2) is 4.77 Å². The first-order valence-corrected chi connectivity index (χ1v) is 9.25. The Morgan fingerprint density at radius 3 is 2.82 bits per heavy atom. The third kappa shape index (κ3) is 4.01. The third-order valence-corrected chi connectivity index (χ3v) is 5.16. The van der Waals surface area contributed by atoms with Crippen LogP contribution in [0.25, 0.3) is 0 Å². The zero-order chi connectivity index (χ0) is 20.3. The van der Waals surface area contributed by atoms with Gasteiger partial charge in [-0.05, 0) is 24.4 Å². The molecule has 1 aliphatic heterocycles. The Morgan fingerprint density at radius 1 is 1.39 bits per heavy atom. The molecule has 2 amide bonds. The van der Waals surface area contributed by atoms with E-state index in [4.69, 9.17) is 21.7 Å². The van der Waals surface area contributed by atoms with Gasteiger partial charge in [-0.25, -0.2) is 0 Å². The highest BCUT2D eigenvalue weighted by molar-refractivity contribution is 7.71. The summed E-state index contributed by atoms with van der Waals surface area (Å²) in [6.07, 6.45) is 0.697. The molecular weight excluding hydrogens is 382 g/mol. The van der Waals surface area contributed by atoms with Gasteiger partial charge in [0, 0.05) is 39.0 Å². The first-order valence-electron chi connectivity index (χ1n) is 8.85. The van der Waals surface area contributed by atoms with Crippen molar-refractivity contribution in [1.82, 2.24) is 20.1 Å². The van der Waals surface area contributed by atoms with Gasteiger partial charge in [-0.1, -0.05) is 0 Å². The van der Waals surface area contributed by atoms with Gasteiger partial charge in [-0.3, -0.25) is 14.7 Å². The lowest BCUT2D eigenvalue weighted by Gasteiger charge is -2.20. The molecule has 1 atom stereocenters. The number of aromatic amines is 1. The molecule has 9 nitrogen and oxygen atoms in total. The van der Waals surface area contributed by atoms with Crippen LogP contribution in [-0.4, -0.2) is 53.9 Å². The van der Waals surface area contributed by atoms with Gasteiger partial charge in [0.25, 0.3) is 0 Å². The summed E-state index contributed by atoms with van der Waals surface area (Å²) in [5, 5.41) is 9.70.